The molecule has 1 heterocycles. The molecule has 0 saturated heterocycles. The quantitative estimate of drug-likeness (QED) is 0.681. The number of aliphatic hydroxyl groups is 1. The number of nitrogens with zero attached hydrogens (tertiary/aromatic N) is 3. The number of rotatable bonds is 10. The molecular weight excluding hydrogens is 268 g/mol. The van der Waals surface area contributed by atoms with Crippen molar-refractivity contribution in [2.45, 2.75) is 46.2 Å². The molecule has 0 radical (unpaired) electrons. The van der Waals surface area contributed by atoms with Crippen LogP contribution in [0, 0.1) is 0 Å². The van der Waals surface area contributed by atoms with Crippen LogP contribution < -0.4 is 0 Å². The van der Waals surface area contributed by atoms with Gasteiger partial charge in [0.05, 0.1) is 19.2 Å². The Bertz CT molecular complexity index is 388. The Balaban J connectivity index is 2.73. The van der Waals surface area contributed by atoms with Crippen molar-refractivity contribution >= 4 is 5.91 Å². The molecule has 1 atom stereocenters. The Kier molecular flexibility index (Phi) is 8.00. The van der Waals surface area contributed by atoms with Gasteiger partial charge >= 0.3 is 0 Å². The number of H-pyrrole nitrogens is 1. The Morgan fingerprint density at radius 1 is 1.33 bits per heavy atom. The van der Waals surface area contributed by atoms with Gasteiger partial charge in [0, 0.05) is 18.9 Å². The van der Waals surface area contributed by atoms with E-state index in [1.807, 2.05) is 6.92 Å². The van der Waals surface area contributed by atoms with E-state index in [2.05, 4.69) is 28.7 Å². The van der Waals surface area contributed by atoms with E-state index in [0.717, 1.165) is 31.8 Å². The molecule has 6 heteroatoms. The fourth-order valence-corrected chi connectivity index (χ4v) is 2.45. The average molecular weight is 296 g/mol. The lowest BCUT2D eigenvalue weighted by molar-refractivity contribution is -0.137. The van der Waals surface area contributed by atoms with Crippen molar-refractivity contribution in [3.63, 3.8) is 0 Å². The number of imidazole rings is 1. The molecule has 0 bridgehead atoms. The first-order valence-corrected chi connectivity index (χ1v) is 7.75. The number of carbonyl (C=O) groups excluding carboxylic acids is 1. The number of amides is 1. The lowest BCUT2D eigenvalue weighted by Gasteiger charge is -2.32. The lowest BCUT2D eigenvalue weighted by Crippen LogP contribution is -2.48. The van der Waals surface area contributed by atoms with Crippen LogP contribution in [0.4, 0.5) is 0 Å². The van der Waals surface area contributed by atoms with Gasteiger partial charge in [0.25, 0.3) is 0 Å². The minimum atomic E-state index is -0.175. The van der Waals surface area contributed by atoms with E-state index in [1.165, 1.54) is 0 Å². The van der Waals surface area contributed by atoms with Gasteiger partial charge in [0.1, 0.15) is 5.82 Å². The minimum absolute atomic E-state index is 0.0409. The van der Waals surface area contributed by atoms with Gasteiger partial charge in [-0.1, -0.05) is 13.8 Å². The Hall–Kier alpha value is -1.40. The van der Waals surface area contributed by atoms with Crippen molar-refractivity contribution < 1.29 is 9.90 Å². The van der Waals surface area contributed by atoms with Gasteiger partial charge in [0.15, 0.2) is 0 Å². The summed E-state index contributed by atoms with van der Waals surface area (Å²) >= 11 is 0. The second-order valence-electron chi connectivity index (χ2n) is 5.23. The molecule has 1 aromatic heterocycles. The number of carbonyl (C=O) groups is 1. The van der Waals surface area contributed by atoms with E-state index >= 15 is 0 Å². The zero-order valence-corrected chi connectivity index (χ0v) is 13.4. The van der Waals surface area contributed by atoms with Crippen molar-refractivity contribution in [3.8, 4) is 0 Å². The van der Waals surface area contributed by atoms with Crippen molar-refractivity contribution in [2.24, 2.45) is 0 Å². The molecule has 1 rings (SSSR count). The summed E-state index contributed by atoms with van der Waals surface area (Å²) in [5.41, 5.74) is 0. The second-order valence-corrected chi connectivity index (χ2v) is 5.23. The third kappa shape index (κ3) is 5.47. The normalized spacial score (nSPS) is 12.6. The van der Waals surface area contributed by atoms with Crippen LogP contribution in [0.25, 0.3) is 0 Å². The molecule has 21 heavy (non-hydrogen) atoms. The molecule has 0 aromatic carbocycles. The molecule has 6 nitrogen and oxygen atoms in total. The van der Waals surface area contributed by atoms with E-state index in [1.54, 1.807) is 17.3 Å². The number of aromatic nitrogens is 2. The van der Waals surface area contributed by atoms with Crippen LogP contribution in [0.1, 0.15) is 39.4 Å². The van der Waals surface area contributed by atoms with Gasteiger partial charge in [-0.15, -0.1) is 0 Å². The molecular formula is C15H28N4O2. The minimum Gasteiger partial charge on any atom is -0.395 e. The maximum Gasteiger partial charge on any atom is 0.240 e. The topological polar surface area (TPSA) is 72.5 Å². The highest BCUT2D eigenvalue weighted by molar-refractivity contribution is 5.81. The predicted molar refractivity (Wildman–Crippen MR) is 82.7 cm³/mol. The van der Waals surface area contributed by atoms with Crippen molar-refractivity contribution in [1.82, 2.24) is 19.8 Å². The number of hydrogen-bond donors (Lipinski definition) is 2. The molecule has 0 aliphatic rings. The lowest BCUT2D eigenvalue weighted by atomic mass is 10.2. The van der Waals surface area contributed by atoms with Gasteiger partial charge in [0.2, 0.25) is 5.91 Å². The molecule has 120 valence electrons. The zero-order chi connectivity index (χ0) is 15.7. The molecule has 0 aliphatic heterocycles. The molecule has 1 amide bonds. The van der Waals surface area contributed by atoms with Crippen molar-refractivity contribution in [3.05, 3.63) is 18.2 Å². The van der Waals surface area contributed by atoms with E-state index in [4.69, 9.17) is 0 Å². The van der Waals surface area contributed by atoms with Gasteiger partial charge in [-0.2, -0.15) is 0 Å². The fraction of sp³-hybridized carbons (Fsp3) is 0.733. The number of nitrogens with one attached hydrogen (secondary N) is 1. The maximum absolute atomic E-state index is 12.7. The third-order valence-corrected chi connectivity index (χ3v) is 3.50. The van der Waals surface area contributed by atoms with E-state index in [-0.39, 0.29) is 18.6 Å². The predicted octanol–water partition coefficient (Wildman–Crippen LogP) is 1.24. The first kappa shape index (κ1) is 17.7. The van der Waals surface area contributed by atoms with Gasteiger partial charge in [-0.25, -0.2) is 4.98 Å². The van der Waals surface area contributed by atoms with Gasteiger partial charge in [-0.05, 0) is 32.9 Å². The summed E-state index contributed by atoms with van der Waals surface area (Å²) in [6.07, 6.45) is 5.45. The molecule has 0 fully saturated rings. The van der Waals surface area contributed by atoms with Crippen LogP contribution in [-0.4, -0.2) is 63.1 Å². The van der Waals surface area contributed by atoms with Crippen LogP contribution in [0.15, 0.2) is 12.4 Å². The second kappa shape index (κ2) is 9.52. The molecule has 0 aliphatic carbocycles. The van der Waals surface area contributed by atoms with Crippen LogP contribution in [0.2, 0.25) is 0 Å². The number of hydrogen-bond acceptors (Lipinski definition) is 4. The summed E-state index contributed by atoms with van der Waals surface area (Å²) in [6, 6.07) is -0.175. The third-order valence-electron chi connectivity index (χ3n) is 3.50. The van der Waals surface area contributed by atoms with Crippen molar-refractivity contribution in [2.75, 3.05) is 26.2 Å². The summed E-state index contributed by atoms with van der Waals surface area (Å²) in [5, 5.41) is 9.20. The molecule has 2 N–H and O–H groups in total. The first-order valence-electron chi connectivity index (χ1n) is 7.75. The van der Waals surface area contributed by atoms with Crippen LogP contribution in [-0.2, 0) is 11.3 Å². The largest absolute Gasteiger partial charge is 0.395 e. The zero-order valence-electron chi connectivity index (χ0n) is 13.4. The highest BCUT2D eigenvalue weighted by Crippen LogP contribution is 2.09. The monoisotopic (exact) mass is 296 g/mol. The molecule has 0 unspecified atom stereocenters. The molecule has 1 aromatic rings. The van der Waals surface area contributed by atoms with Crippen LogP contribution in [0.5, 0.6) is 0 Å². The summed E-state index contributed by atoms with van der Waals surface area (Å²) in [4.78, 5) is 23.7. The number of aromatic amines is 1. The van der Waals surface area contributed by atoms with Crippen LogP contribution in [0.3, 0.4) is 0 Å². The Morgan fingerprint density at radius 3 is 2.48 bits per heavy atom. The van der Waals surface area contributed by atoms with Crippen molar-refractivity contribution in [1.29, 1.82) is 0 Å². The summed E-state index contributed by atoms with van der Waals surface area (Å²) < 4.78 is 0. The van der Waals surface area contributed by atoms with Gasteiger partial charge in [-0.3, -0.25) is 9.69 Å². The molecule has 0 saturated carbocycles. The van der Waals surface area contributed by atoms with E-state index in [0.29, 0.717) is 13.1 Å². The number of aliphatic hydroxyl groups excluding tert-OH is 1. The van der Waals surface area contributed by atoms with E-state index in [9.17, 15) is 9.90 Å². The first-order chi connectivity index (χ1) is 10.1. The van der Waals surface area contributed by atoms with Crippen LogP contribution >= 0.6 is 0 Å². The smallest absolute Gasteiger partial charge is 0.240 e. The highest BCUT2D eigenvalue weighted by Gasteiger charge is 2.25. The van der Waals surface area contributed by atoms with E-state index < -0.39 is 0 Å². The summed E-state index contributed by atoms with van der Waals surface area (Å²) in [5.74, 6) is 0.781. The Morgan fingerprint density at radius 2 is 2.00 bits per heavy atom. The summed E-state index contributed by atoms with van der Waals surface area (Å²) in [7, 11) is 0. The standard InChI is InChI=1S/C15H28N4O2/c1-4-8-18(9-5-2)13(3)15(21)19(10-11-20)12-14-16-6-7-17-14/h6-7,13,20H,4-5,8-12H2,1-3H3,(H,16,17)/t13-/m0/s1. The average Bonchev–Trinajstić information content (AvgIpc) is 2.98. The fourth-order valence-electron chi connectivity index (χ4n) is 2.45. The SMILES string of the molecule is CCCN(CCC)[C@@H](C)C(=O)N(CCO)Cc1ncc[nH]1. The summed E-state index contributed by atoms with van der Waals surface area (Å²) in [6.45, 7) is 8.70. The Labute approximate surface area is 127 Å². The van der Waals surface area contributed by atoms with Gasteiger partial charge < -0.3 is 15.0 Å². The highest BCUT2D eigenvalue weighted by atomic mass is 16.3. The molecule has 0 spiro atoms. The maximum atomic E-state index is 12.7.